The molecule has 14 heavy (non-hydrogen) atoms. The van der Waals surface area contributed by atoms with Gasteiger partial charge in [0.2, 0.25) is 5.91 Å². The Morgan fingerprint density at radius 1 is 1.21 bits per heavy atom. The molecule has 0 atom stereocenters. The molecule has 0 aliphatic rings. The fraction of sp³-hybridized carbons (Fsp3) is 0.778. The highest BCUT2D eigenvalue weighted by atomic mass is 16.6. The summed E-state index contributed by atoms with van der Waals surface area (Å²) in [6, 6.07) is 0. The van der Waals surface area contributed by atoms with E-state index in [1.807, 2.05) is 6.92 Å². The highest BCUT2D eigenvalue weighted by Gasteiger charge is 2.16. The molecule has 0 spiro atoms. The van der Waals surface area contributed by atoms with Crippen LogP contribution in [0.2, 0.25) is 0 Å². The zero-order valence-corrected chi connectivity index (χ0v) is 9.14. The van der Waals surface area contributed by atoms with Crippen LogP contribution < -0.4 is 10.6 Å². The number of carbonyl (C=O) groups excluding carboxylic acids is 2. The minimum absolute atomic E-state index is 0.0528. The summed E-state index contributed by atoms with van der Waals surface area (Å²) in [6.45, 7) is 7.60. The Balaban J connectivity index is 3.70. The molecule has 0 heterocycles. The van der Waals surface area contributed by atoms with Crippen molar-refractivity contribution in [1.29, 1.82) is 0 Å². The molecule has 0 aromatic rings. The molecule has 5 nitrogen and oxygen atoms in total. The summed E-state index contributed by atoms with van der Waals surface area (Å²) in [6.07, 6.45) is -0.580. The summed E-state index contributed by atoms with van der Waals surface area (Å²) in [5.41, 5.74) is -0.536. The van der Waals surface area contributed by atoms with Gasteiger partial charge in [0.1, 0.15) is 5.60 Å². The van der Waals surface area contributed by atoms with Crippen LogP contribution in [0, 0.1) is 0 Å². The van der Waals surface area contributed by atoms with Gasteiger partial charge in [-0.25, -0.2) is 4.79 Å². The first-order chi connectivity index (χ1) is 6.35. The van der Waals surface area contributed by atoms with Gasteiger partial charge in [0.05, 0.1) is 6.54 Å². The lowest BCUT2D eigenvalue weighted by Gasteiger charge is -2.19. The molecular weight excluding hydrogens is 184 g/mol. The molecule has 0 saturated heterocycles. The van der Waals surface area contributed by atoms with Crippen molar-refractivity contribution >= 4 is 12.0 Å². The molecule has 0 aliphatic heterocycles. The number of ether oxygens (including phenoxy) is 1. The third-order valence-corrected chi connectivity index (χ3v) is 1.17. The lowest BCUT2D eigenvalue weighted by molar-refractivity contribution is -0.120. The number of likely N-dealkylation sites (N-methyl/N-ethyl adjacent to an activating group) is 1. The van der Waals surface area contributed by atoms with Crippen LogP contribution >= 0.6 is 0 Å². The second-order valence-corrected chi connectivity index (χ2v) is 3.81. The molecule has 0 aromatic carbocycles. The Morgan fingerprint density at radius 3 is 2.21 bits per heavy atom. The molecule has 0 bridgehead atoms. The summed E-state index contributed by atoms with van der Waals surface area (Å²) in [5.74, 6) is -0.224. The predicted octanol–water partition coefficient (Wildman–Crippen LogP) is 0.647. The zero-order valence-electron chi connectivity index (χ0n) is 9.14. The quantitative estimate of drug-likeness (QED) is 0.706. The average molecular weight is 202 g/mol. The Bertz CT molecular complexity index is 209. The minimum atomic E-state index is -0.580. The number of rotatable bonds is 3. The average Bonchev–Trinajstić information content (AvgIpc) is 1.98. The Morgan fingerprint density at radius 2 is 1.79 bits per heavy atom. The lowest BCUT2D eigenvalue weighted by Crippen LogP contribution is -2.39. The number of carbonyl (C=O) groups is 2. The summed E-state index contributed by atoms with van der Waals surface area (Å²) >= 11 is 0. The van der Waals surface area contributed by atoms with Gasteiger partial charge in [-0.1, -0.05) is 0 Å². The third-order valence-electron chi connectivity index (χ3n) is 1.17. The largest absolute Gasteiger partial charge is 0.444 e. The second-order valence-electron chi connectivity index (χ2n) is 3.81. The van der Waals surface area contributed by atoms with Gasteiger partial charge in [-0.3, -0.25) is 4.79 Å². The van der Waals surface area contributed by atoms with Crippen molar-refractivity contribution in [2.75, 3.05) is 13.1 Å². The maximum Gasteiger partial charge on any atom is 0.408 e. The normalized spacial score (nSPS) is 10.6. The van der Waals surface area contributed by atoms with Gasteiger partial charge >= 0.3 is 6.09 Å². The van der Waals surface area contributed by atoms with Crippen LogP contribution in [0.5, 0.6) is 0 Å². The van der Waals surface area contributed by atoms with Crippen molar-refractivity contribution < 1.29 is 14.3 Å². The van der Waals surface area contributed by atoms with E-state index >= 15 is 0 Å². The molecule has 0 aromatic heterocycles. The van der Waals surface area contributed by atoms with Crippen molar-refractivity contribution in [2.45, 2.75) is 33.3 Å². The highest BCUT2D eigenvalue weighted by Crippen LogP contribution is 2.05. The molecule has 0 unspecified atom stereocenters. The van der Waals surface area contributed by atoms with Gasteiger partial charge in [0.15, 0.2) is 0 Å². The molecule has 2 amide bonds. The minimum Gasteiger partial charge on any atom is -0.444 e. The van der Waals surface area contributed by atoms with Gasteiger partial charge in [-0.2, -0.15) is 0 Å². The number of hydrogen-bond acceptors (Lipinski definition) is 3. The lowest BCUT2D eigenvalue weighted by atomic mass is 10.2. The Kier molecular flexibility index (Phi) is 4.97. The SMILES string of the molecule is CCNC(=O)CNC(=O)OC(C)(C)C. The zero-order chi connectivity index (χ0) is 11.2. The van der Waals surface area contributed by atoms with Crippen LogP contribution in [0.4, 0.5) is 4.79 Å². The predicted molar refractivity (Wildman–Crippen MR) is 52.9 cm³/mol. The van der Waals surface area contributed by atoms with Crippen molar-refractivity contribution in [2.24, 2.45) is 0 Å². The second kappa shape index (κ2) is 5.47. The first kappa shape index (κ1) is 12.7. The Hall–Kier alpha value is -1.26. The van der Waals surface area contributed by atoms with E-state index in [-0.39, 0.29) is 12.5 Å². The van der Waals surface area contributed by atoms with E-state index < -0.39 is 11.7 Å². The first-order valence-electron chi connectivity index (χ1n) is 4.58. The highest BCUT2D eigenvalue weighted by molar-refractivity contribution is 5.82. The van der Waals surface area contributed by atoms with Crippen LogP contribution in [0.3, 0.4) is 0 Å². The monoisotopic (exact) mass is 202 g/mol. The van der Waals surface area contributed by atoms with Crippen LogP contribution in [-0.2, 0) is 9.53 Å². The van der Waals surface area contributed by atoms with Crippen LogP contribution in [-0.4, -0.2) is 30.7 Å². The van der Waals surface area contributed by atoms with Crippen LogP contribution in [0.1, 0.15) is 27.7 Å². The maximum atomic E-state index is 11.1. The topological polar surface area (TPSA) is 67.4 Å². The van der Waals surface area contributed by atoms with E-state index in [4.69, 9.17) is 4.74 Å². The van der Waals surface area contributed by atoms with E-state index in [2.05, 4.69) is 10.6 Å². The maximum absolute atomic E-state index is 11.1. The van der Waals surface area contributed by atoms with Crippen LogP contribution in [0.25, 0.3) is 0 Å². The van der Waals surface area contributed by atoms with Gasteiger partial charge in [-0.15, -0.1) is 0 Å². The summed E-state index contributed by atoms with van der Waals surface area (Å²) in [4.78, 5) is 22.0. The molecule has 0 saturated carbocycles. The molecule has 0 rings (SSSR count). The number of alkyl carbamates (subject to hydrolysis) is 1. The molecule has 0 fully saturated rings. The van der Waals surface area contributed by atoms with Gasteiger partial charge in [0, 0.05) is 6.54 Å². The van der Waals surface area contributed by atoms with E-state index in [0.29, 0.717) is 6.54 Å². The van der Waals surface area contributed by atoms with Gasteiger partial charge < -0.3 is 15.4 Å². The fourth-order valence-electron chi connectivity index (χ4n) is 0.726. The standard InChI is InChI=1S/C9H18N2O3/c1-5-10-7(12)6-11-8(13)14-9(2,3)4/h5-6H2,1-4H3,(H,10,12)(H,11,13). The van der Waals surface area contributed by atoms with Crippen molar-refractivity contribution in [3.05, 3.63) is 0 Å². The summed E-state index contributed by atoms with van der Waals surface area (Å²) in [5, 5.41) is 4.91. The fourth-order valence-corrected chi connectivity index (χ4v) is 0.726. The van der Waals surface area contributed by atoms with Crippen LogP contribution in [0.15, 0.2) is 0 Å². The molecule has 0 aliphatic carbocycles. The Labute approximate surface area is 84.2 Å². The summed E-state index contributed by atoms with van der Waals surface area (Å²) < 4.78 is 4.94. The number of nitrogens with one attached hydrogen (secondary N) is 2. The molecule has 82 valence electrons. The molecular formula is C9H18N2O3. The van der Waals surface area contributed by atoms with E-state index in [9.17, 15) is 9.59 Å². The smallest absolute Gasteiger partial charge is 0.408 e. The molecule has 0 radical (unpaired) electrons. The van der Waals surface area contributed by atoms with Crippen molar-refractivity contribution in [3.63, 3.8) is 0 Å². The van der Waals surface area contributed by atoms with Crippen molar-refractivity contribution in [3.8, 4) is 0 Å². The third kappa shape index (κ3) is 7.39. The summed E-state index contributed by atoms with van der Waals surface area (Å²) in [7, 11) is 0. The molecule has 2 N–H and O–H groups in total. The van der Waals surface area contributed by atoms with Crippen molar-refractivity contribution in [1.82, 2.24) is 10.6 Å². The number of hydrogen-bond donors (Lipinski definition) is 2. The van der Waals surface area contributed by atoms with E-state index in [0.717, 1.165) is 0 Å². The van der Waals surface area contributed by atoms with Gasteiger partial charge in [-0.05, 0) is 27.7 Å². The number of amides is 2. The van der Waals surface area contributed by atoms with E-state index in [1.54, 1.807) is 20.8 Å². The molecule has 5 heteroatoms. The van der Waals surface area contributed by atoms with Gasteiger partial charge in [0.25, 0.3) is 0 Å². The first-order valence-corrected chi connectivity index (χ1v) is 4.58. The van der Waals surface area contributed by atoms with E-state index in [1.165, 1.54) is 0 Å².